The molecule has 1 aliphatic carbocycles. The number of hydrogen-bond donors (Lipinski definition) is 1. The lowest BCUT2D eigenvalue weighted by atomic mass is 10.2. The number of thiophene rings is 1. The van der Waals surface area contributed by atoms with E-state index in [1.54, 1.807) is 6.07 Å². The lowest BCUT2D eigenvalue weighted by Crippen LogP contribution is -2.31. The molecule has 0 aromatic carbocycles. The van der Waals surface area contributed by atoms with Crippen molar-refractivity contribution in [2.75, 3.05) is 6.54 Å². The van der Waals surface area contributed by atoms with E-state index in [0.29, 0.717) is 4.34 Å². The van der Waals surface area contributed by atoms with Gasteiger partial charge in [-0.25, -0.2) is 0 Å². The van der Waals surface area contributed by atoms with Crippen molar-refractivity contribution in [1.82, 2.24) is 5.32 Å². The summed E-state index contributed by atoms with van der Waals surface area (Å²) in [4.78, 5) is 1.11. The Labute approximate surface area is 94.2 Å². The molecular formula is C9H9ClF3NS. The van der Waals surface area contributed by atoms with Gasteiger partial charge in [0.15, 0.2) is 0 Å². The van der Waals surface area contributed by atoms with E-state index in [2.05, 4.69) is 5.32 Å². The molecule has 1 aliphatic rings. The largest absolute Gasteiger partial charge is 0.401 e. The number of rotatable bonds is 2. The van der Waals surface area contributed by atoms with Crippen molar-refractivity contribution in [2.45, 2.75) is 25.1 Å². The molecule has 1 unspecified atom stereocenters. The van der Waals surface area contributed by atoms with Gasteiger partial charge in [0.25, 0.3) is 0 Å². The van der Waals surface area contributed by atoms with E-state index >= 15 is 0 Å². The Hall–Kier alpha value is -0.260. The monoisotopic (exact) mass is 255 g/mol. The van der Waals surface area contributed by atoms with Crippen molar-refractivity contribution < 1.29 is 13.2 Å². The molecule has 0 fully saturated rings. The van der Waals surface area contributed by atoms with E-state index in [1.165, 1.54) is 11.3 Å². The van der Waals surface area contributed by atoms with E-state index in [4.69, 9.17) is 11.6 Å². The number of aryl methyl sites for hydroxylation is 1. The standard InChI is InChI=1S/C9H9ClF3NS/c10-8-3-5-6(1-2-7(5)15-8)14-4-9(11,12)13/h3,6,14H,1-2,4H2. The predicted octanol–water partition coefficient (Wildman–Crippen LogP) is 3.54. The summed E-state index contributed by atoms with van der Waals surface area (Å²) in [5.74, 6) is 0. The third kappa shape index (κ3) is 2.65. The summed E-state index contributed by atoms with van der Waals surface area (Å²) in [5, 5.41) is 2.51. The van der Waals surface area contributed by atoms with Crippen LogP contribution >= 0.6 is 22.9 Å². The highest BCUT2D eigenvalue weighted by Gasteiger charge is 2.31. The zero-order chi connectivity index (χ0) is 11.1. The summed E-state index contributed by atoms with van der Waals surface area (Å²) >= 11 is 7.26. The molecule has 0 saturated carbocycles. The van der Waals surface area contributed by atoms with Crippen LogP contribution < -0.4 is 5.32 Å². The van der Waals surface area contributed by atoms with Gasteiger partial charge < -0.3 is 5.32 Å². The minimum atomic E-state index is -4.15. The van der Waals surface area contributed by atoms with Crippen LogP contribution in [0.1, 0.15) is 22.9 Å². The topological polar surface area (TPSA) is 12.0 Å². The second-order valence-corrected chi connectivity index (χ2v) is 5.28. The lowest BCUT2D eigenvalue weighted by Gasteiger charge is -2.14. The number of hydrogen-bond acceptors (Lipinski definition) is 2. The van der Waals surface area contributed by atoms with Gasteiger partial charge in [-0.2, -0.15) is 13.2 Å². The van der Waals surface area contributed by atoms with Gasteiger partial charge in [0.2, 0.25) is 0 Å². The second kappa shape index (κ2) is 3.96. The maximum Gasteiger partial charge on any atom is 0.401 e. The highest BCUT2D eigenvalue weighted by molar-refractivity contribution is 7.16. The number of halogens is 4. The molecule has 1 atom stereocenters. The van der Waals surface area contributed by atoms with Crippen molar-refractivity contribution in [2.24, 2.45) is 0 Å². The number of nitrogens with one attached hydrogen (secondary N) is 1. The van der Waals surface area contributed by atoms with Crippen LogP contribution in [0.3, 0.4) is 0 Å². The van der Waals surface area contributed by atoms with Gasteiger partial charge >= 0.3 is 6.18 Å². The predicted molar refractivity (Wildman–Crippen MR) is 54.4 cm³/mol. The van der Waals surface area contributed by atoms with Gasteiger partial charge in [0.1, 0.15) is 0 Å². The quantitative estimate of drug-likeness (QED) is 0.852. The molecule has 0 aliphatic heterocycles. The zero-order valence-corrected chi connectivity index (χ0v) is 9.27. The van der Waals surface area contributed by atoms with Crippen LogP contribution in [-0.4, -0.2) is 12.7 Å². The molecular weight excluding hydrogens is 247 g/mol. The molecule has 0 spiro atoms. The lowest BCUT2D eigenvalue weighted by molar-refractivity contribution is -0.126. The van der Waals surface area contributed by atoms with Crippen molar-refractivity contribution >= 4 is 22.9 Å². The Morgan fingerprint density at radius 1 is 1.53 bits per heavy atom. The van der Waals surface area contributed by atoms with Gasteiger partial charge in [0.05, 0.1) is 10.9 Å². The summed E-state index contributed by atoms with van der Waals surface area (Å²) in [6.45, 7) is -0.940. The first-order valence-electron chi connectivity index (χ1n) is 4.54. The SMILES string of the molecule is FC(F)(F)CNC1CCc2sc(Cl)cc21. The first kappa shape index (κ1) is 11.2. The molecule has 84 valence electrons. The Balaban J connectivity index is 2.01. The summed E-state index contributed by atoms with van der Waals surface area (Å²) in [6.07, 6.45) is -2.60. The fourth-order valence-electron chi connectivity index (χ4n) is 1.78. The maximum atomic E-state index is 12.0. The molecule has 0 bridgehead atoms. The first-order chi connectivity index (χ1) is 6.96. The van der Waals surface area contributed by atoms with Crippen LogP contribution in [0.5, 0.6) is 0 Å². The molecule has 1 aromatic heterocycles. The van der Waals surface area contributed by atoms with Gasteiger partial charge in [-0.3, -0.25) is 0 Å². The fraction of sp³-hybridized carbons (Fsp3) is 0.556. The summed E-state index contributed by atoms with van der Waals surface area (Å²) < 4.78 is 36.7. The maximum absolute atomic E-state index is 12.0. The van der Waals surface area contributed by atoms with Crippen LogP contribution in [0.15, 0.2) is 6.07 Å². The molecule has 1 aromatic rings. The number of alkyl halides is 3. The molecule has 15 heavy (non-hydrogen) atoms. The van der Waals surface area contributed by atoms with E-state index in [9.17, 15) is 13.2 Å². The average molecular weight is 256 g/mol. The normalized spacial score (nSPS) is 20.7. The van der Waals surface area contributed by atoms with Crippen LogP contribution in [0, 0.1) is 0 Å². The Kier molecular flexibility index (Phi) is 2.96. The summed E-state index contributed by atoms with van der Waals surface area (Å²) in [5.41, 5.74) is 0.939. The van der Waals surface area contributed by atoms with Gasteiger partial charge in [0, 0.05) is 10.9 Å². The van der Waals surface area contributed by atoms with Crippen molar-refractivity contribution in [3.63, 3.8) is 0 Å². The van der Waals surface area contributed by atoms with Crippen LogP contribution in [0.2, 0.25) is 4.34 Å². The van der Waals surface area contributed by atoms with Crippen molar-refractivity contribution in [1.29, 1.82) is 0 Å². The van der Waals surface area contributed by atoms with Crippen molar-refractivity contribution in [3.8, 4) is 0 Å². The second-order valence-electron chi connectivity index (χ2n) is 3.52. The fourth-order valence-corrected chi connectivity index (χ4v) is 3.14. The van der Waals surface area contributed by atoms with E-state index in [-0.39, 0.29) is 6.04 Å². The smallest absolute Gasteiger partial charge is 0.302 e. The van der Waals surface area contributed by atoms with Gasteiger partial charge in [-0.1, -0.05) is 11.6 Å². The minimum Gasteiger partial charge on any atom is -0.302 e. The average Bonchev–Trinajstić information content (AvgIpc) is 2.58. The molecule has 2 rings (SSSR count). The molecule has 0 saturated heterocycles. The Morgan fingerprint density at radius 2 is 2.27 bits per heavy atom. The van der Waals surface area contributed by atoms with Crippen LogP contribution in [-0.2, 0) is 6.42 Å². The molecule has 1 heterocycles. The molecule has 0 amide bonds. The zero-order valence-electron chi connectivity index (χ0n) is 7.70. The Bertz CT molecular complexity index is 361. The van der Waals surface area contributed by atoms with Crippen molar-refractivity contribution in [3.05, 3.63) is 20.8 Å². The highest BCUT2D eigenvalue weighted by atomic mass is 35.5. The summed E-state index contributed by atoms with van der Waals surface area (Å²) in [6, 6.07) is 1.58. The van der Waals surface area contributed by atoms with Crippen LogP contribution in [0.25, 0.3) is 0 Å². The van der Waals surface area contributed by atoms with Gasteiger partial charge in [-0.05, 0) is 24.5 Å². The first-order valence-corrected chi connectivity index (χ1v) is 5.73. The summed E-state index contributed by atoms with van der Waals surface area (Å²) in [7, 11) is 0. The third-order valence-corrected chi connectivity index (χ3v) is 3.74. The van der Waals surface area contributed by atoms with Crippen LogP contribution in [0.4, 0.5) is 13.2 Å². The van der Waals surface area contributed by atoms with E-state index < -0.39 is 12.7 Å². The highest BCUT2D eigenvalue weighted by Crippen LogP contribution is 2.39. The van der Waals surface area contributed by atoms with E-state index in [0.717, 1.165) is 23.3 Å². The molecule has 1 N–H and O–H groups in total. The van der Waals surface area contributed by atoms with E-state index in [1.807, 2.05) is 0 Å². The third-order valence-electron chi connectivity index (χ3n) is 2.40. The molecule has 0 radical (unpaired) electrons. The number of fused-ring (bicyclic) bond motifs is 1. The Morgan fingerprint density at radius 3 is 2.93 bits per heavy atom. The molecule has 6 heteroatoms. The molecule has 1 nitrogen and oxygen atoms in total. The van der Waals surface area contributed by atoms with Gasteiger partial charge in [-0.15, -0.1) is 11.3 Å². The minimum absolute atomic E-state index is 0.189.